The molecule has 0 bridgehead atoms. The van der Waals surface area contributed by atoms with Gasteiger partial charge in [0, 0.05) is 25.4 Å². The Morgan fingerprint density at radius 3 is 2.44 bits per heavy atom. The van der Waals surface area contributed by atoms with Crippen LogP contribution in [0.25, 0.3) is 0 Å². The third-order valence-electron chi connectivity index (χ3n) is 0.858. The lowest BCUT2D eigenvalue weighted by atomic mass is 10.4. The molecule has 0 saturated heterocycles. The topological polar surface area (TPSA) is 81.1 Å². The molecule has 0 aromatic carbocycles. The van der Waals surface area contributed by atoms with E-state index in [0.29, 0.717) is 12.2 Å². The van der Waals surface area contributed by atoms with Gasteiger partial charge in [-0.15, -0.1) is 0 Å². The second kappa shape index (κ2) is 3.91. The fraction of sp³-hybridized carbons (Fsp3) is 0.400. The smallest absolute Gasteiger partial charge is 0.243 e. The highest BCUT2D eigenvalue weighted by Crippen LogP contribution is 1.80. The van der Waals surface area contributed by atoms with E-state index in [0.717, 1.165) is 0 Å². The first-order valence-corrected chi connectivity index (χ1v) is 2.58. The van der Waals surface area contributed by atoms with Crippen molar-refractivity contribution in [3.8, 4) is 0 Å². The van der Waals surface area contributed by atoms with E-state index in [9.17, 15) is 4.79 Å². The molecule has 5 N–H and O–H groups in total. The molecule has 0 aromatic rings. The molecule has 1 amide bonds. The Morgan fingerprint density at radius 2 is 2.33 bits per heavy atom. The van der Waals surface area contributed by atoms with Gasteiger partial charge in [-0.2, -0.15) is 0 Å². The maximum Gasteiger partial charge on any atom is 0.243 e. The summed E-state index contributed by atoms with van der Waals surface area (Å²) in [7, 11) is 1.68. The molecule has 0 aliphatic heterocycles. The van der Waals surface area contributed by atoms with Crippen LogP contribution < -0.4 is 16.8 Å². The number of carbonyl (C=O) groups excluding carboxylic acids is 1. The van der Waals surface area contributed by atoms with E-state index in [1.807, 2.05) is 0 Å². The van der Waals surface area contributed by atoms with Crippen LogP contribution in [0.1, 0.15) is 0 Å². The Bertz CT molecular complexity index is 124. The number of nitrogens with two attached hydrogens (primary N) is 2. The Hall–Kier alpha value is -1.03. The van der Waals surface area contributed by atoms with Gasteiger partial charge in [-0.1, -0.05) is 0 Å². The molecule has 0 aliphatic rings. The lowest BCUT2D eigenvalue weighted by molar-refractivity contribution is -0.113. The lowest BCUT2D eigenvalue weighted by Crippen LogP contribution is -2.19. The van der Waals surface area contributed by atoms with Crippen LogP contribution in [0.5, 0.6) is 0 Å². The summed E-state index contributed by atoms with van der Waals surface area (Å²) < 4.78 is 0. The zero-order valence-electron chi connectivity index (χ0n) is 5.35. The number of carbonyl (C=O) groups is 1. The number of nitrogens with one attached hydrogen (secondary N) is 1. The van der Waals surface area contributed by atoms with E-state index >= 15 is 0 Å². The van der Waals surface area contributed by atoms with Crippen LogP contribution in [0.4, 0.5) is 0 Å². The zero-order chi connectivity index (χ0) is 7.28. The first-order valence-electron chi connectivity index (χ1n) is 2.58. The van der Waals surface area contributed by atoms with Crippen molar-refractivity contribution in [3.63, 3.8) is 0 Å². The van der Waals surface area contributed by atoms with Gasteiger partial charge >= 0.3 is 0 Å². The molecule has 0 atom stereocenters. The highest BCUT2D eigenvalue weighted by Gasteiger charge is 1.90. The third kappa shape index (κ3) is 3.54. The zero-order valence-corrected chi connectivity index (χ0v) is 5.35. The minimum atomic E-state index is -0.482. The van der Waals surface area contributed by atoms with Gasteiger partial charge in [-0.3, -0.25) is 4.79 Å². The van der Waals surface area contributed by atoms with Gasteiger partial charge in [0.25, 0.3) is 0 Å². The van der Waals surface area contributed by atoms with Gasteiger partial charge < -0.3 is 16.8 Å². The maximum atomic E-state index is 10.2. The van der Waals surface area contributed by atoms with Crippen LogP contribution in [0.3, 0.4) is 0 Å². The van der Waals surface area contributed by atoms with Crippen LogP contribution in [0, 0.1) is 0 Å². The van der Waals surface area contributed by atoms with Crippen molar-refractivity contribution in [2.24, 2.45) is 11.5 Å². The summed E-state index contributed by atoms with van der Waals surface area (Å²) in [5.41, 5.74) is 10.7. The van der Waals surface area contributed by atoms with Crippen molar-refractivity contribution in [3.05, 3.63) is 11.8 Å². The van der Waals surface area contributed by atoms with Crippen LogP contribution in [0.2, 0.25) is 0 Å². The SMILES string of the molecule is CN/C(=C\C(N)=O)CN. The molecule has 0 aliphatic carbocycles. The lowest BCUT2D eigenvalue weighted by Gasteiger charge is -1.99. The minimum Gasteiger partial charge on any atom is -0.390 e. The second-order valence-corrected chi connectivity index (χ2v) is 1.53. The standard InChI is InChI=1S/C5H11N3O/c1-8-4(3-6)2-5(7)9/h2,8H,3,6H2,1H3,(H2,7,9)/b4-2-. The molecule has 0 spiro atoms. The van der Waals surface area contributed by atoms with Crippen molar-refractivity contribution in [1.82, 2.24) is 5.32 Å². The summed E-state index contributed by atoms with van der Waals surface area (Å²) in [6.07, 6.45) is 1.26. The van der Waals surface area contributed by atoms with Crippen molar-refractivity contribution in [2.75, 3.05) is 13.6 Å². The Labute approximate surface area is 53.9 Å². The monoisotopic (exact) mass is 129 g/mol. The molecule has 0 radical (unpaired) electrons. The van der Waals surface area contributed by atoms with E-state index in [4.69, 9.17) is 11.5 Å². The van der Waals surface area contributed by atoms with Gasteiger partial charge in [0.05, 0.1) is 0 Å². The average Bonchev–Trinajstić information content (AvgIpc) is 1.82. The molecule has 9 heavy (non-hydrogen) atoms. The summed E-state index contributed by atoms with van der Waals surface area (Å²) in [5.74, 6) is -0.482. The number of primary amides is 1. The maximum absolute atomic E-state index is 10.2. The first kappa shape index (κ1) is 7.97. The predicted octanol–water partition coefficient (Wildman–Crippen LogP) is -1.47. The van der Waals surface area contributed by atoms with Crippen LogP contribution >= 0.6 is 0 Å². The van der Waals surface area contributed by atoms with Crippen LogP contribution in [-0.2, 0) is 4.79 Å². The normalized spacial score (nSPS) is 11.1. The highest BCUT2D eigenvalue weighted by molar-refractivity contribution is 5.86. The molecule has 0 aromatic heterocycles. The van der Waals surface area contributed by atoms with Crippen molar-refractivity contribution in [1.29, 1.82) is 0 Å². The molecule has 4 nitrogen and oxygen atoms in total. The first-order chi connectivity index (χ1) is 4.20. The highest BCUT2D eigenvalue weighted by atomic mass is 16.1. The largest absolute Gasteiger partial charge is 0.390 e. The Morgan fingerprint density at radius 1 is 1.78 bits per heavy atom. The van der Waals surface area contributed by atoms with Crippen molar-refractivity contribution >= 4 is 5.91 Å². The number of rotatable bonds is 3. The van der Waals surface area contributed by atoms with Crippen molar-refractivity contribution < 1.29 is 4.79 Å². The Kier molecular flexibility index (Phi) is 3.46. The number of hydrogen-bond donors (Lipinski definition) is 3. The molecule has 0 saturated carbocycles. The van der Waals surface area contributed by atoms with Gasteiger partial charge in [0.1, 0.15) is 0 Å². The fourth-order valence-electron chi connectivity index (χ4n) is 0.405. The summed E-state index contributed by atoms with van der Waals surface area (Å²) in [6.45, 7) is 0.305. The van der Waals surface area contributed by atoms with Gasteiger partial charge in [0.2, 0.25) is 5.91 Å². The van der Waals surface area contributed by atoms with Gasteiger partial charge in [0.15, 0.2) is 0 Å². The van der Waals surface area contributed by atoms with Gasteiger partial charge in [-0.05, 0) is 0 Å². The quantitative estimate of drug-likeness (QED) is 0.407. The number of likely N-dealkylation sites (N-methyl/N-ethyl adjacent to an activating group) is 1. The summed E-state index contributed by atoms with van der Waals surface area (Å²) >= 11 is 0. The molecule has 52 valence electrons. The Balaban J connectivity index is 3.91. The second-order valence-electron chi connectivity index (χ2n) is 1.53. The van der Waals surface area contributed by atoms with E-state index in [-0.39, 0.29) is 0 Å². The summed E-state index contributed by atoms with van der Waals surface area (Å²) in [4.78, 5) is 10.2. The molecule has 0 heterocycles. The molecule has 0 rings (SSSR count). The van der Waals surface area contributed by atoms with Crippen molar-refractivity contribution in [2.45, 2.75) is 0 Å². The number of hydrogen-bond acceptors (Lipinski definition) is 3. The summed E-state index contributed by atoms with van der Waals surface area (Å²) in [6, 6.07) is 0. The summed E-state index contributed by atoms with van der Waals surface area (Å²) in [5, 5.41) is 2.72. The van der Waals surface area contributed by atoms with Gasteiger partial charge in [-0.25, -0.2) is 0 Å². The van der Waals surface area contributed by atoms with E-state index in [2.05, 4.69) is 5.32 Å². The predicted molar refractivity (Wildman–Crippen MR) is 35.4 cm³/mol. The molecule has 0 fully saturated rings. The molecule has 0 unspecified atom stereocenters. The van der Waals surface area contributed by atoms with Crippen LogP contribution in [-0.4, -0.2) is 19.5 Å². The third-order valence-corrected chi connectivity index (χ3v) is 0.858. The fourth-order valence-corrected chi connectivity index (χ4v) is 0.405. The van der Waals surface area contributed by atoms with E-state index in [1.165, 1.54) is 6.08 Å². The van der Waals surface area contributed by atoms with E-state index < -0.39 is 5.91 Å². The van der Waals surface area contributed by atoms with Crippen LogP contribution in [0.15, 0.2) is 11.8 Å². The molecular weight excluding hydrogens is 118 g/mol. The molecule has 4 heteroatoms. The average molecular weight is 129 g/mol. The minimum absolute atomic E-state index is 0.305. The number of amides is 1. The van der Waals surface area contributed by atoms with E-state index in [1.54, 1.807) is 7.05 Å². The molecular formula is C5H11N3O.